The van der Waals surface area contributed by atoms with Crippen molar-refractivity contribution < 1.29 is 24.1 Å². The van der Waals surface area contributed by atoms with Gasteiger partial charge in [0.25, 0.3) is 0 Å². The van der Waals surface area contributed by atoms with Crippen molar-refractivity contribution in [2.75, 3.05) is 46.1 Å². The number of fused-ring (bicyclic) bond motifs is 1. The molecule has 0 spiro atoms. The quantitative estimate of drug-likeness (QED) is 0.659. The fourth-order valence-corrected chi connectivity index (χ4v) is 2.91. The third kappa shape index (κ3) is 5.34. The number of aliphatic hydroxyl groups is 1. The van der Waals surface area contributed by atoms with Crippen LogP contribution in [0.1, 0.15) is 18.4 Å². The summed E-state index contributed by atoms with van der Waals surface area (Å²) in [5, 5.41) is 13.2. The van der Waals surface area contributed by atoms with E-state index in [0.29, 0.717) is 33.0 Å². The molecule has 0 saturated carbocycles. The van der Waals surface area contributed by atoms with Crippen LogP contribution in [0.4, 0.5) is 0 Å². The SMILES string of the molecule is O[C@H](CNCCc1ccc2c(c1)OCCO2)COC[C@H]1CCCO1. The molecule has 0 aliphatic carbocycles. The standard InChI is InChI=1S/C18H27NO5/c20-15(12-21-13-16-2-1-7-22-16)11-19-6-5-14-3-4-17-18(10-14)24-9-8-23-17/h3-4,10,15-16,19-20H,1-2,5-9,11-13H2/t15-,16-/m1/s1. The van der Waals surface area contributed by atoms with Gasteiger partial charge in [0.1, 0.15) is 13.2 Å². The molecule has 0 aromatic heterocycles. The Balaban J connectivity index is 1.27. The highest BCUT2D eigenvalue weighted by Crippen LogP contribution is 2.30. The lowest BCUT2D eigenvalue weighted by Gasteiger charge is -2.19. The first kappa shape index (κ1) is 17.5. The monoisotopic (exact) mass is 337 g/mol. The van der Waals surface area contributed by atoms with E-state index in [4.69, 9.17) is 18.9 Å². The van der Waals surface area contributed by atoms with Gasteiger partial charge in [-0.3, -0.25) is 0 Å². The maximum Gasteiger partial charge on any atom is 0.161 e. The molecule has 2 aliphatic heterocycles. The highest BCUT2D eigenvalue weighted by Gasteiger charge is 2.16. The van der Waals surface area contributed by atoms with Gasteiger partial charge >= 0.3 is 0 Å². The summed E-state index contributed by atoms with van der Waals surface area (Å²) in [6, 6.07) is 6.03. The van der Waals surface area contributed by atoms with E-state index < -0.39 is 6.10 Å². The van der Waals surface area contributed by atoms with Gasteiger partial charge < -0.3 is 29.4 Å². The van der Waals surface area contributed by atoms with Gasteiger partial charge in [0.05, 0.1) is 25.4 Å². The summed E-state index contributed by atoms with van der Waals surface area (Å²) in [5.74, 6) is 1.64. The summed E-state index contributed by atoms with van der Waals surface area (Å²) in [4.78, 5) is 0. The van der Waals surface area contributed by atoms with Crippen LogP contribution in [0.2, 0.25) is 0 Å². The predicted molar refractivity (Wildman–Crippen MR) is 89.8 cm³/mol. The first-order chi connectivity index (χ1) is 11.8. The third-order valence-electron chi connectivity index (χ3n) is 4.21. The minimum Gasteiger partial charge on any atom is -0.486 e. The first-order valence-electron chi connectivity index (χ1n) is 8.78. The maximum atomic E-state index is 9.91. The van der Waals surface area contributed by atoms with E-state index in [0.717, 1.165) is 43.9 Å². The molecule has 0 radical (unpaired) electrons. The molecule has 3 rings (SSSR count). The summed E-state index contributed by atoms with van der Waals surface area (Å²) in [6.07, 6.45) is 2.76. The molecule has 2 N–H and O–H groups in total. The maximum absolute atomic E-state index is 9.91. The van der Waals surface area contributed by atoms with Crippen molar-refractivity contribution in [2.24, 2.45) is 0 Å². The van der Waals surface area contributed by atoms with E-state index in [1.165, 1.54) is 5.56 Å². The third-order valence-corrected chi connectivity index (χ3v) is 4.21. The first-order valence-corrected chi connectivity index (χ1v) is 8.78. The van der Waals surface area contributed by atoms with Gasteiger partial charge in [-0.1, -0.05) is 6.07 Å². The lowest BCUT2D eigenvalue weighted by atomic mass is 10.1. The van der Waals surface area contributed by atoms with E-state index in [1.54, 1.807) is 0 Å². The van der Waals surface area contributed by atoms with Crippen LogP contribution in [0.15, 0.2) is 18.2 Å². The van der Waals surface area contributed by atoms with Crippen LogP contribution >= 0.6 is 0 Å². The summed E-state index contributed by atoms with van der Waals surface area (Å²) in [7, 11) is 0. The molecule has 0 amide bonds. The minimum absolute atomic E-state index is 0.209. The summed E-state index contributed by atoms with van der Waals surface area (Å²) in [5.41, 5.74) is 1.19. The number of hydrogen-bond acceptors (Lipinski definition) is 6. The van der Waals surface area contributed by atoms with Crippen LogP contribution in [0.3, 0.4) is 0 Å². The molecule has 24 heavy (non-hydrogen) atoms. The predicted octanol–water partition coefficient (Wildman–Crippen LogP) is 1.15. The molecule has 2 atom stereocenters. The topological polar surface area (TPSA) is 69.2 Å². The van der Waals surface area contributed by atoms with Crippen molar-refractivity contribution in [1.29, 1.82) is 0 Å². The lowest BCUT2D eigenvalue weighted by molar-refractivity contribution is -0.0163. The van der Waals surface area contributed by atoms with Crippen LogP contribution in [0.5, 0.6) is 11.5 Å². The molecule has 6 nitrogen and oxygen atoms in total. The Bertz CT molecular complexity index is 504. The van der Waals surface area contributed by atoms with E-state index in [1.807, 2.05) is 12.1 Å². The molecule has 0 bridgehead atoms. The zero-order valence-electron chi connectivity index (χ0n) is 14.0. The second-order valence-electron chi connectivity index (χ2n) is 6.26. The van der Waals surface area contributed by atoms with Crippen LogP contribution in [0.25, 0.3) is 0 Å². The van der Waals surface area contributed by atoms with Crippen LogP contribution in [-0.4, -0.2) is 63.4 Å². The minimum atomic E-state index is -0.494. The molecule has 2 aliphatic rings. The molecular weight excluding hydrogens is 310 g/mol. The van der Waals surface area contributed by atoms with E-state index in [2.05, 4.69) is 11.4 Å². The molecular formula is C18H27NO5. The van der Waals surface area contributed by atoms with Crippen molar-refractivity contribution in [3.8, 4) is 11.5 Å². The molecule has 134 valence electrons. The van der Waals surface area contributed by atoms with Gasteiger partial charge in [-0.25, -0.2) is 0 Å². The Morgan fingerprint density at radius 1 is 1.21 bits per heavy atom. The largest absolute Gasteiger partial charge is 0.486 e. The molecule has 1 saturated heterocycles. The zero-order valence-corrected chi connectivity index (χ0v) is 14.0. The normalized spacial score (nSPS) is 21.0. The number of nitrogens with one attached hydrogen (secondary N) is 1. The Labute approximate surface area is 143 Å². The highest BCUT2D eigenvalue weighted by atomic mass is 16.6. The second-order valence-corrected chi connectivity index (χ2v) is 6.26. The Morgan fingerprint density at radius 2 is 2.08 bits per heavy atom. The van der Waals surface area contributed by atoms with E-state index in [9.17, 15) is 5.11 Å². The van der Waals surface area contributed by atoms with Gasteiger partial charge in [-0.05, 0) is 43.5 Å². The molecule has 1 aromatic rings. The van der Waals surface area contributed by atoms with Gasteiger partial charge in [0.2, 0.25) is 0 Å². The van der Waals surface area contributed by atoms with Crippen molar-refractivity contribution in [3.05, 3.63) is 23.8 Å². The van der Waals surface area contributed by atoms with Crippen molar-refractivity contribution in [3.63, 3.8) is 0 Å². The average molecular weight is 337 g/mol. The average Bonchev–Trinajstić information content (AvgIpc) is 3.12. The number of hydrogen-bond donors (Lipinski definition) is 2. The van der Waals surface area contributed by atoms with E-state index >= 15 is 0 Å². The Hall–Kier alpha value is -1.34. The van der Waals surface area contributed by atoms with Gasteiger partial charge in [-0.2, -0.15) is 0 Å². The Kier molecular flexibility index (Phi) is 6.72. The summed E-state index contributed by atoms with van der Waals surface area (Å²) >= 11 is 0. The molecule has 6 heteroatoms. The van der Waals surface area contributed by atoms with Crippen LogP contribution < -0.4 is 14.8 Å². The lowest BCUT2D eigenvalue weighted by Crippen LogP contribution is -2.32. The van der Waals surface area contributed by atoms with Crippen molar-refractivity contribution in [2.45, 2.75) is 31.5 Å². The smallest absolute Gasteiger partial charge is 0.161 e. The van der Waals surface area contributed by atoms with Gasteiger partial charge in [-0.15, -0.1) is 0 Å². The fourth-order valence-electron chi connectivity index (χ4n) is 2.91. The molecule has 1 aromatic carbocycles. The second kappa shape index (κ2) is 9.22. The number of rotatable bonds is 9. The number of aliphatic hydroxyl groups excluding tert-OH is 1. The fraction of sp³-hybridized carbons (Fsp3) is 0.667. The summed E-state index contributed by atoms with van der Waals surface area (Å²) < 4.78 is 22.1. The van der Waals surface area contributed by atoms with Crippen LogP contribution in [-0.2, 0) is 15.9 Å². The number of benzene rings is 1. The highest BCUT2D eigenvalue weighted by molar-refractivity contribution is 5.43. The Morgan fingerprint density at radius 3 is 2.92 bits per heavy atom. The van der Waals surface area contributed by atoms with Crippen molar-refractivity contribution >= 4 is 0 Å². The van der Waals surface area contributed by atoms with Crippen LogP contribution in [0, 0.1) is 0 Å². The molecule has 0 unspecified atom stereocenters. The van der Waals surface area contributed by atoms with Gasteiger partial charge in [0.15, 0.2) is 11.5 Å². The van der Waals surface area contributed by atoms with Gasteiger partial charge in [0, 0.05) is 13.2 Å². The van der Waals surface area contributed by atoms with E-state index in [-0.39, 0.29) is 6.10 Å². The van der Waals surface area contributed by atoms with Crippen molar-refractivity contribution in [1.82, 2.24) is 5.32 Å². The summed E-state index contributed by atoms with van der Waals surface area (Å²) in [6.45, 7) is 4.29. The molecule has 1 fully saturated rings. The number of ether oxygens (including phenoxy) is 4. The molecule has 2 heterocycles. The zero-order chi connectivity index (χ0) is 16.6.